The van der Waals surface area contributed by atoms with Crippen molar-refractivity contribution in [1.82, 2.24) is 10.3 Å². The number of benzene rings is 1. The largest absolute Gasteiger partial charge is 0.303 e. The highest BCUT2D eigenvalue weighted by atomic mass is 32.1. The van der Waals surface area contributed by atoms with Crippen molar-refractivity contribution in [2.45, 2.75) is 12.6 Å². The van der Waals surface area contributed by atoms with Crippen LogP contribution in [0.2, 0.25) is 0 Å². The van der Waals surface area contributed by atoms with Crippen LogP contribution in [-0.4, -0.2) is 11.7 Å². The summed E-state index contributed by atoms with van der Waals surface area (Å²) in [4.78, 5) is 4.90. The Morgan fingerprint density at radius 1 is 1.31 bits per heavy atom. The summed E-state index contributed by atoms with van der Waals surface area (Å²) in [7, 11) is 0. The van der Waals surface area contributed by atoms with E-state index in [1.54, 1.807) is 11.7 Å². The maximum absolute atomic E-state index is 12.8. The molecule has 0 bridgehead atoms. The molecule has 1 aromatic carbocycles. The third-order valence-corrected chi connectivity index (χ3v) is 3.23. The first-order valence-corrected chi connectivity index (χ1v) is 6.00. The molecule has 2 rings (SSSR count). The summed E-state index contributed by atoms with van der Waals surface area (Å²) in [5, 5.41) is 3.18. The Balaban J connectivity index is 1.94. The van der Waals surface area contributed by atoms with Gasteiger partial charge in [0.1, 0.15) is 6.67 Å². The van der Waals surface area contributed by atoms with Gasteiger partial charge in [-0.15, -0.1) is 11.3 Å². The molecule has 0 saturated heterocycles. The van der Waals surface area contributed by atoms with E-state index < -0.39 is 6.67 Å². The van der Waals surface area contributed by atoms with Gasteiger partial charge in [0.2, 0.25) is 0 Å². The van der Waals surface area contributed by atoms with Gasteiger partial charge in [0, 0.05) is 17.6 Å². The molecule has 0 radical (unpaired) electrons. The minimum atomic E-state index is -0.408. The lowest BCUT2D eigenvalue weighted by Gasteiger charge is -2.13. The van der Waals surface area contributed by atoms with Gasteiger partial charge in [0.15, 0.2) is 0 Å². The fraction of sp³-hybridized carbons (Fsp3) is 0.250. The lowest BCUT2D eigenvalue weighted by atomic mass is 10.2. The number of hydrogen-bond acceptors (Lipinski definition) is 3. The van der Waals surface area contributed by atoms with Gasteiger partial charge in [-0.3, -0.25) is 4.98 Å². The minimum Gasteiger partial charge on any atom is -0.303 e. The SMILES string of the molecule is FCC(NCc1ccccc1)c1cncs1. The average Bonchev–Trinajstić information content (AvgIpc) is 2.85. The monoisotopic (exact) mass is 236 g/mol. The van der Waals surface area contributed by atoms with Gasteiger partial charge in [-0.25, -0.2) is 4.39 Å². The molecule has 0 amide bonds. The van der Waals surface area contributed by atoms with Crippen molar-refractivity contribution < 1.29 is 4.39 Å². The van der Waals surface area contributed by atoms with E-state index in [1.165, 1.54) is 11.3 Å². The van der Waals surface area contributed by atoms with Crippen molar-refractivity contribution in [3.05, 3.63) is 52.5 Å². The van der Waals surface area contributed by atoms with Crippen LogP contribution in [0.5, 0.6) is 0 Å². The van der Waals surface area contributed by atoms with Gasteiger partial charge < -0.3 is 5.32 Å². The Morgan fingerprint density at radius 3 is 2.75 bits per heavy atom. The van der Waals surface area contributed by atoms with Crippen LogP contribution < -0.4 is 5.32 Å². The van der Waals surface area contributed by atoms with Crippen molar-refractivity contribution >= 4 is 11.3 Å². The number of alkyl halides is 1. The molecular weight excluding hydrogens is 223 g/mol. The molecule has 0 aliphatic carbocycles. The molecule has 0 saturated carbocycles. The third kappa shape index (κ3) is 2.87. The summed E-state index contributed by atoms with van der Waals surface area (Å²) in [6.45, 7) is 0.266. The Hall–Kier alpha value is -1.26. The fourth-order valence-corrected chi connectivity index (χ4v) is 2.14. The molecule has 4 heteroatoms. The van der Waals surface area contributed by atoms with E-state index in [0.29, 0.717) is 6.54 Å². The molecular formula is C12H13FN2S. The van der Waals surface area contributed by atoms with E-state index in [2.05, 4.69) is 10.3 Å². The first-order valence-electron chi connectivity index (χ1n) is 5.12. The van der Waals surface area contributed by atoms with Gasteiger partial charge in [0.05, 0.1) is 11.6 Å². The van der Waals surface area contributed by atoms with E-state index >= 15 is 0 Å². The summed E-state index contributed by atoms with van der Waals surface area (Å²) in [5.41, 5.74) is 2.88. The summed E-state index contributed by atoms with van der Waals surface area (Å²) in [5.74, 6) is 0. The van der Waals surface area contributed by atoms with Crippen LogP contribution in [0.25, 0.3) is 0 Å². The maximum atomic E-state index is 12.8. The number of thiazole rings is 1. The highest BCUT2D eigenvalue weighted by Crippen LogP contribution is 2.18. The molecule has 0 aliphatic heterocycles. The van der Waals surface area contributed by atoms with Crippen molar-refractivity contribution in [1.29, 1.82) is 0 Å². The Morgan fingerprint density at radius 2 is 2.12 bits per heavy atom. The van der Waals surface area contributed by atoms with Gasteiger partial charge in [-0.2, -0.15) is 0 Å². The van der Waals surface area contributed by atoms with Crippen molar-refractivity contribution in [2.75, 3.05) is 6.67 Å². The zero-order chi connectivity index (χ0) is 11.2. The number of aromatic nitrogens is 1. The van der Waals surface area contributed by atoms with E-state index in [-0.39, 0.29) is 6.04 Å². The van der Waals surface area contributed by atoms with Crippen molar-refractivity contribution in [3.8, 4) is 0 Å². The topological polar surface area (TPSA) is 24.9 Å². The van der Waals surface area contributed by atoms with Crippen LogP contribution in [0.4, 0.5) is 4.39 Å². The molecule has 1 aromatic heterocycles. The van der Waals surface area contributed by atoms with E-state index in [4.69, 9.17) is 0 Å². The standard InChI is InChI=1S/C12H13FN2S/c13-6-11(12-8-14-9-16-12)15-7-10-4-2-1-3-5-10/h1-5,8-9,11,15H,6-7H2. The van der Waals surface area contributed by atoms with Crippen LogP contribution in [0.3, 0.4) is 0 Å². The number of nitrogens with one attached hydrogen (secondary N) is 1. The molecule has 0 aliphatic rings. The van der Waals surface area contributed by atoms with E-state index in [0.717, 1.165) is 10.4 Å². The van der Waals surface area contributed by atoms with E-state index in [1.807, 2.05) is 30.3 Å². The molecule has 16 heavy (non-hydrogen) atoms. The summed E-state index contributed by atoms with van der Waals surface area (Å²) < 4.78 is 12.8. The lowest BCUT2D eigenvalue weighted by molar-refractivity contribution is 0.384. The Bertz CT molecular complexity index is 402. The first kappa shape index (κ1) is 11.2. The zero-order valence-corrected chi connectivity index (χ0v) is 9.58. The second-order valence-corrected chi connectivity index (χ2v) is 4.40. The number of halogens is 1. The number of rotatable bonds is 5. The Kier molecular flexibility index (Phi) is 4.02. The molecule has 0 fully saturated rings. The van der Waals surface area contributed by atoms with Crippen LogP contribution in [0.15, 0.2) is 42.0 Å². The summed E-state index contributed by atoms with van der Waals surface area (Å²) in [6.07, 6.45) is 1.72. The highest BCUT2D eigenvalue weighted by Gasteiger charge is 2.11. The summed E-state index contributed by atoms with van der Waals surface area (Å²) >= 11 is 1.48. The quantitative estimate of drug-likeness (QED) is 0.863. The van der Waals surface area contributed by atoms with Gasteiger partial charge >= 0.3 is 0 Å². The predicted molar refractivity (Wildman–Crippen MR) is 64.1 cm³/mol. The fourth-order valence-electron chi connectivity index (χ4n) is 1.47. The highest BCUT2D eigenvalue weighted by molar-refractivity contribution is 7.09. The first-order chi connectivity index (χ1) is 7.90. The van der Waals surface area contributed by atoms with Crippen molar-refractivity contribution in [3.63, 3.8) is 0 Å². The van der Waals surface area contributed by atoms with Gasteiger partial charge in [-0.1, -0.05) is 30.3 Å². The van der Waals surface area contributed by atoms with Crippen molar-refractivity contribution in [2.24, 2.45) is 0 Å². The Labute approximate surface area is 98.2 Å². The number of nitrogens with zero attached hydrogens (tertiary/aromatic N) is 1. The zero-order valence-electron chi connectivity index (χ0n) is 8.77. The van der Waals surface area contributed by atoms with Crippen LogP contribution in [0.1, 0.15) is 16.5 Å². The second-order valence-electron chi connectivity index (χ2n) is 3.48. The molecule has 2 aromatic rings. The molecule has 1 atom stereocenters. The second kappa shape index (κ2) is 5.72. The summed E-state index contributed by atoms with van der Waals surface area (Å²) in [6, 6.07) is 9.73. The average molecular weight is 236 g/mol. The smallest absolute Gasteiger partial charge is 0.110 e. The maximum Gasteiger partial charge on any atom is 0.110 e. The van der Waals surface area contributed by atoms with Gasteiger partial charge in [-0.05, 0) is 5.56 Å². The van der Waals surface area contributed by atoms with E-state index in [9.17, 15) is 4.39 Å². The van der Waals surface area contributed by atoms with Gasteiger partial charge in [0.25, 0.3) is 0 Å². The normalized spacial score (nSPS) is 12.6. The third-order valence-electron chi connectivity index (χ3n) is 2.34. The molecule has 2 nitrogen and oxygen atoms in total. The molecule has 1 unspecified atom stereocenters. The van der Waals surface area contributed by atoms with Crippen LogP contribution in [0, 0.1) is 0 Å². The predicted octanol–water partition coefficient (Wildman–Crippen LogP) is 2.94. The number of hydrogen-bond donors (Lipinski definition) is 1. The van der Waals surface area contributed by atoms with Crippen LogP contribution in [-0.2, 0) is 6.54 Å². The van der Waals surface area contributed by atoms with Crippen LogP contribution >= 0.6 is 11.3 Å². The molecule has 1 N–H and O–H groups in total. The lowest BCUT2D eigenvalue weighted by Crippen LogP contribution is -2.21. The molecule has 0 spiro atoms. The minimum absolute atomic E-state index is 0.243. The molecule has 1 heterocycles. The molecule has 84 valence electrons.